The second kappa shape index (κ2) is 4.70. The van der Waals surface area contributed by atoms with Crippen LogP contribution in [0.2, 0.25) is 0 Å². The van der Waals surface area contributed by atoms with Crippen molar-refractivity contribution in [3.63, 3.8) is 0 Å². The van der Waals surface area contributed by atoms with E-state index in [4.69, 9.17) is 0 Å². The zero-order valence-electron chi connectivity index (χ0n) is 10.4. The highest BCUT2D eigenvalue weighted by Gasteiger charge is 2.46. The Morgan fingerprint density at radius 3 is 2.56 bits per heavy atom. The number of likely N-dealkylation sites (N-methyl/N-ethyl adjacent to an activating group) is 1. The standard InChI is InChI=1S/C12H22N4/c1-15(2)8-5-14-12(9-13)10-16-6-3-11(12)4-7-16/h11,14H,3-8,10H2,1-2H3. The van der Waals surface area contributed by atoms with E-state index < -0.39 is 0 Å². The predicted molar refractivity (Wildman–Crippen MR) is 64.1 cm³/mol. The van der Waals surface area contributed by atoms with E-state index in [1.165, 1.54) is 25.9 Å². The molecule has 1 N–H and O–H groups in total. The lowest BCUT2D eigenvalue weighted by atomic mass is 9.73. The molecule has 0 amide bonds. The fourth-order valence-corrected chi connectivity index (χ4v) is 2.93. The summed E-state index contributed by atoms with van der Waals surface area (Å²) in [5.41, 5.74) is -0.271. The second-order valence-corrected chi connectivity index (χ2v) is 5.36. The van der Waals surface area contributed by atoms with Crippen molar-refractivity contribution in [3.8, 4) is 6.07 Å². The molecule has 1 unspecified atom stereocenters. The number of fused-ring (bicyclic) bond motifs is 3. The summed E-state index contributed by atoms with van der Waals surface area (Å²) in [6.45, 7) is 5.19. The molecule has 3 fully saturated rings. The third-order valence-corrected chi connectivity index (χ3v) is 3.96. The molecule has 90 valence electrons. The number of hydrogen-bond acceptors (Lipinski definition) is 4. The molecule has 0 aromatic carbocycles. The average molecular weight is 222 g/mol. The van der Waals surface area contributed by atoms with Crippen LogP contribution in [-0.4, -0.2) is 62.2 Å². The summed E-state index contributed by atoms with van der Waals surface area (Å²) in [6, 6.07) is 2.55. The molecule has 4 heteroatoms. The first kappa shape index (κ1) is 11.8. The number of nitrogens with one attached hydrogen (secondary N) is 1. The normalized spacial score (nSPS) is 37.6. The molecule has 0 aromatic rings. The molecule has 3 saturated heterocycles. The summed E-state index contributed by atoms with van der Waals surface area (Å²) in [4.78, 5) is 4.57. The van der Waals surface area contributed by atoms with Gasteiger partial charge in [-0.2, -0.15) is 5.26 Å². The van der Waals surface area contributed by atoms with Crippen molar-refractivity contribution < 1.29 is 0 Å². The molecule has 0 radical (unpaired) electrons. The van der Waals surface area contributed by atoms with E-state index in [-0.39, 0.29) is 5.54 Å². The highest BCUT2D eigenvalue weighted by molar-refractivity contribution is 5.16. The first-order chi connectivity index (χ1) is 7.66. The Labute approximate surface area is 98.2 Å². The van der Waals surface area contributed by atoms with E-state index in [2.05, 4.69) is 35.3 Å². The van der Waals surface area contributed by atoms with Crippen LogP contribution >= 0.6 is 0 Å². The van der Waals surface area contributed by atoms with Crippen LogP contribution in [0.25, 0.3) is 0 Å². The van der Waals surface area contributed by atoms with Gasteiger partial charge in [-0.25, -0.2) is 0 Å². The lowest BCUT2D eigenvalue weighted by molar-refractivity contribution is 0.0364. The van der Waals surface area contributed by atoms with E-state index in [1.807, 2.05) is 0 Å². The van der Waals surface area contributed by atoms with Gasteiger partial charge in [-0.05, 0) is 45.9 Å². The highest BCUT2D eigenvalue weighted by Crippen LogP contribution is 2.35. The fourth-order valence-electron chi connectivity index (χ4n) is 2.93. The minimum atomic E-state index is -0.271. The molecular weight excluding hydrogens is 200 g/mol. The third kappa shape index (κ3) is 2.22. The van der Waals surface area contributed by atoms with Crippen LogP contribution in [0.5, 0.6) is 0 Å². The van der Waals surface area contributed by atoms with Gasteiger partial charge < -0.3 is 9.80 Å². The van der Waals surface area contributed by atoms with Gasteiger partial charge in [0.15, 0.2) is 0 Å². The third-order valence-electron chi connectivity index (χ3n) is 3.96. The van der Waals surface area contributed by atoms with Crippen molar-refractivity contribution in [3.05, 3.63) is 0 Å². The maximum Gasteiger partial charge on any atom is 0.122 e. The summed E-state index contributed by atoms with van der Waals surface area (Å²) in [5.74, 6) is 0.560. The topological polar surface area (TPSA) is 42.3 Å². The smallest absolute Gasteiger partial charge is 0.122 e. The van der Waals surface area contributed by atoms with Crippen molar-refractivity contribution in [2.75, 3.05) is 46.8 Å². The van der Waals surface area contributed by atoms with Crippen LogP contribution in [0.3, 0.4) is 0 Å². The Morgan fingerprint density at radius 1 is 1.44 bits per heavy atom. The van der Waals surface area contributed by atoms with E-state index in [1.54, 1.807) is 0 Å². The Kier molecular flexibility index (Phi) is 3.48. The minimum absolute atomic E-state index is 0.271. The van der Waals surface area contributed by atoms with Crippen LogP contribution in [0.1, 0.15) is 12.8 Å². The number of nitriles is 1. The van der Waals surface area contributed by atoms with Crippen LogP contribution < -0.4 is 5.32 Å². The van der Waals surface area contributed by atoms with Crippen molar-refractivity contribution >= 4 is 0 Å². The molecule has 16 heavy (non-hydrogen) atoms. The van der Waals surface area contributed by atoms with Gasteiger partial charge in [0.2, 0.25) is 0 Å². The van der Waals surface area contributed by atoms with Gasteiger partial charge in [-0.15, -0.1) is 0 Å². The fraction of sp³-hybridized carbons (Fsp3) is 0.917. The SMILES string of the molecule is CN(C)CCNC1(C#N)CN2CCC1CC2. The summed E-state index contributed by atoms with van der Waals surface area (Å²) in [6.07, 6.45) is 2.37. The molecule has 1 atom stereocenters. The highest BCUT2D eigenvalue weighted by atomic mass is 15.2. The quantitative estimate of drug-likeness (QED) is 0.734. The summed E-state index contributed by atoms with van der Waals surface area (Å²) in [5, 5.41) is 13.0. The van der Waals surface area contributed by atoms with E-state index in [0.717, 1.165) is 19.6 Å². The van der Waals surface area contributed by atoms with Gasteiger partial charge in [-0.3, -0.25) is 5.32 Å². The summed E-state index contributed by atoms with van der Waals surface area (Å²) < 4.78 is 0. The number of nitrogens with zero attached hydrogens (tertiary/aromatic N) is 3. The predicted octanol–water partition coefficient (Wildman–Crippen LogP) is 0.126. The average Bonchev–Trinajstić information content (AvgIpc) is 2.30. The molecule has 0 spiro atoms. The molecule has 4 nitrogen and oxygen atoms in total. The molecule has 3 aliphatic rings. The molecule has 0 aliphatic carbocycles. The van der Waals surface area contributed by atoms with Crippen molar-refractivity contribution in [2.45, 2.75) is 18.4 Å². The van der Waals surface area contributed by atoms with Gasteiger partial charge in [0.1, 0.15) is 5.54 Å². The number of hydrogen-bond donors (Lipinski definition) is 1. The lowest BCUT2D eigenvalue weighted by Crippen LogP contribution is -2.65. The molecule has 2 bridgehead atoms. The first-order valence-corrected chi connectivity index (χ1v) is 6.20. The molecule has 0 saturated carbocycles. The Hall–Kier alpha value is -0.630. The van der Waals surface area contributed by atoms with E-state index >= 15 is 0 Å². The maximum atomic E-state index is 9.48. The minimum Gasteiger partial charge on any atom is -0.308 e. The Balaban J connectivity index is 1.95. The van der Waals surface area contributed by atoms with Crippen LogP contribution in [0, 0.1) is 17.2 Å². The van der Waals surface area contributed by atoms with Crippen LogP contribution in [-0.2, 0) is 0 Å². The van der Waals surface area contributed by atoms with Crippen molar-refractivity contribution in [1.82, 2.24) is 15.1 Å². The lowest BCUT2D eigenvalue weighted by Gasteiger charge is -2.50. The zero-order chi connectivity index (χ0) is 11.6. The van der Waals surface area contributed by atoms with Gasteiger partial charge in [0, 0.05) is 19.6 Å². The monoisotopic (exact) mass is 222 g/mol. The van der Waals surface area contributed by atoms with Crippen molar-refractivity contribution in [1.29, 1.82) is 5.26 Å². The Morgan fingerprint density at radius 2 is 2.12 bits per heavy atom. The maximum absolute atomic E-state index is 9.48. The zero-order valence-corrected chi connectivity index (χ0v) is 10.4. The van der Waals surface area contributed by atoms with Gasteiger partial charge in [-0.1, -0.05) is 0 Å². The van der Waals surface area contributed by atoms with Crippen LogP contribution in [0.4, 0.5) is 0 Å². The van der Waals surface area contributed by atoms with Gasteiger partial charge in [0.25, 0.3) is 0 Å². The Bertz CT molecular complexity index is 275. The summed E-state index contributed by atoms with van der Waals surface area (Å²) >= 11 is 0. The molecular formula is C12H22N4. The molecule has 3 rings (SSSR count). The van der Waals surface area contributed by atoms with Crippen molar-refractivity contribution in [2.24, 2.45) is 5.92 Å². The summed E-state index contributed by atoms with van der Waals surface area (Å²) in [7, 11) is 4.13. The largest absolute Gasteiger partial charge is 0.308 e. The van der Waals surface area contributed by atoms with E-state index in [9.17, 15) is 5.26 Å². The first-order valence-electron chi connectivity index (χ1n) is 6.20. The number of rotatable bonds is 4. The van der Waals surface area contributed by atoms with E-state index in [0.29, 0.717) is 5.92 Å². The van der Waals surface area contributed by atoms with Gasteiger partial charge >= 0.3 is 0 Å². The number of piperidine rings is 3. The second-order valence-electron chi connectivity index (χ2n) is 5.36. The molecule has 3 aliphatic heterocycles. The van der Waals surface area contributed by atoms with Crippen LogP contribution in [0.15, 0.2) is 0 Å². The molecule has 3 heterocycles. The molecule has 0 aromatic heterocycles. The van der Waals surface area contributed by atoms with Gasteiger partial charge in [0.05, 0.1) is 6.07 Å².